The highest BCUT2D eigenvalue weighted by atomic mass is 16.5. The first-order chi connectivity index (χ1) is 6.81. The van der Waals surface area contributed by atoms with Crippen LogP contribution < -0.4 is 9.47 Å². The number of hydrogen-bond acceptors (Lipinski definition) is 3. The monoisotopic (exact) mass is 192 g/mol. The molecule has 0 saturated heterocycles. The van der Waals surface area contributed by atoms with E-state index in [4.69, 9.17) is 9.47 Å². The fraction of sp³-hybridized carbons (Fsp3) is 0.364. The molecule has 0 radical (unpaired) electrons. The van der Waals surface area contributed by atoms with Crippen molar-refractivity contribution in [2.75, 3.05) is 13.2 Å². The predicted molar refractivity (Wildman–Crippen MR) is 52.1 cm³/mol. The van der Waals surface area contributed by atoms with E-state index in [1.54, 1.807) is 12.1 Å². The average molecular weight is 192 g/mol. The molecule has 3 heteroatoms. The van der Waals surface area contributed by atoms with Gasteiger partial charge in [-0.05, 0) is 25.1 Å². The third kappa shape index (κ3) is 1.58. The molecule has 1 aromatic carbocycles. The molecule has 14 heavy (non-hydrogen) atoms. The Morgan fingerprint density at radius 3 is 3.14 bits per heavy atom. The Morgan fingerprint density at radius 2 is 2.36 bits per heavy atom. The van der Waals surface area contributed by atoms with Crippen LogP contribution in [0.2, 0.25) is 0 Å². The van der Waals surface area contributed by atoms with Crippen molar-refractivity contribution in [1.82, 2.24) is 0 Å². The molecule has 1 aliphatic heterocycles. The number of fused-ring (bicyclic) bond motifs is 1. The van der Waals surface area contributed by atoms with Gasteiger partial charge in [0.1, 0.15) is 11.5 Å². The van der Waals surface area contributed by atoms with Crippen LogP contribution in [0.3, 0.4) is 0 Å². The summed E-state index contributed by atoms with van der Waals surface area (Å²) in [5.74, 6) is 1.53. The highest BCUT2D eigenvalue weighted by Gasteiger charge is 2.18. The molecule has 1 heterocycles. The second-order valence-electron chi connectivity index (χ2n) is 3.11. The van der Waals surface area contributed by atoms with Gasteiger partial charge >= 0.3 is 0 Å². The lowest BCUT2D eigenvalue weighted by Gasteiger charge is -2.16. The van der Waals surface area contributed by atoms with Crippen LogP contribution in [-0.2, 0) is 0 Å². The Hall–Kier alpha value is -1.51. The molecule has 0 fully saturated rings. The van der Waals surface area contributed by atoms with Gasteiger partial charge in [0.25, 0.3) is 0 Å². The Morgan fingerprint density at radius 1 is 1.50 bits per heavy atom. The fourth-order valence-corrected chi connectivity index (χ4v) is 1.50. The molecular formula is C11H12O3. The van der Waals surface area contributed by atoms with Gasteiger partial charge in [0, 0.05) is 6.42 Å². The SMILES string of the molecule is CCOc1ccc2c(c1)C(=O)CCO2. The van der Waals surface area contributed by atoms with Gasteiger partial charge < -0.3 is 9.47 Å². The van der Waals surface area contributed by atoms with Gasteiger partial charge in [0.05, 0.1) is 18.8 Å². The molecule has 0 atom stereocenters. The van der Waals surface area contributed by atoms with Crippen LogP contribution in [-0.4, -0.2) is 19.0 Å². The summed E-state index contributed by atoms with van der Waals surface area (Å²) in [7, 11) is 0. The van der Waals surface area contributed by atoms with Crippen LogP contribution in [0.1, 0.15) is 23.7 Å². The number of Topliss-reactive ketones (excluding diaryl/α,β-unsaturated/α-hetero) is 1. The van der Waals surface area contributed by atoms with Crippen molar-refractivity contribution in [3.63, 3.8) is 0 Å². The van der Waals surface area contributed by atoms with E-state index in [2.05, 4.69) is 0 Å². The molecule has 3 nitrogen and oxygen atoms in total. The summed E-state index contributed by atoms with van der Waals surface area (Å²) in [6.07, 6.45) is 0.461. The van der Waals surface area contributed by atoms with Crippen molar-refractivity contribution in [2.24, 2.45) is 0 Å². The molecular weight excluding hydrogens is 180 g/mol. The van der Waals surface area contributed by atoms with Gasteiger partial charge in [-0.2, -0.15) is 0 Å². The summed E-state index contributed by atoms with van der Waals surface area (Å²) in [6, 6.07) is 5.36. The molecule has 1 aromatic rings. The van der Waals surface area contributed by atoms with Crippen LogP contribution in [0.25, 0.3) is 0 Å². The molecule has 0 N–H and O–H groups in total. The maximum absolute atomic E-state index is 11.5. The predicted octanol–water partition coefficient (Wildman–Crippen LogP) is 2.05. The third-order valence-electron chi connectivity index (χ3n) is 2.15. The van der Waals surface area contributed by atoms with Gasteiger partial charge in [-0.15, -0.1) is 0 Å². The Balaban J connectivity index is 2.36. The second kappa shape index (κ2) is 3.70. The summed E-state index contributed by atoms with van der Waals surface area (Å²) in [5.41, 5.74) is 0.641. The number of ketones is 1. The van der Waals surface area contributed by atoms with Gasteiger partial charge in [-0.1, -0.05) is 0 Å². The molecule has 0 spiro atoms. The van der Waals surface area contributed by atoms with E-state index in [1.165, 1.54) is 0 Å². The zero-order chi connectivity index (χ0) is 9.97. The van der Waals surface area contributed by atoms with Crippen molar-refractivity contribution < 1.29 is 14.3 Å². The minimum Gasteiger partial charge on any atom is -0.494 e. The van der Waals surface area contributed by atoms with E-state index >= 15 is 0 Å². The lowest BCUT2D eigenvalue weighted by molar-refractivity contribution is 0.0933. The van der Waals surface area contributed by atoms with Crippen LogP contribution in [0.5, 0.6) is 11.5 Å². The normalized spacial score (nSPS) is 14.5. The summed E-state index contributed by atoms with van der Waals surface area (Å²) < 4.78 is 10.7. The zero-order valence-corrected chi connectivity index (χ0v) is 8.08. The maximum atomic E-state index is 11.5. The number of carbonyl (C=O) groups excluding carboxylic acids is 1. The number of carbonyl (C=O) groups is 1. The first-order valence-electron chi connectivity index (χ1n) is 4.74. The lowest BCUT2D eigenvalue weighted by Crippen LogP contribution is -2.15. The molecule has 1 aliphatic rings. The van der Waals surface area contributed by atoms with E-state index in [1.807, 2.05) is 13.0 Å². The van der Waals surface area contributed by atoms with Gasteiger partial charge in [-0.3, -0.25) is 4.79 Å². The maximum Gasteiger partial charge on any atom is 0.170 e. The van der Waals surface area contributed by atoms with E-state index in [0.717, 1.165) is 5.75 Å². The minimum atomic E-state index is 0.132. The number of hydrogen-bond donors (Lipinski definition) is 0. The van der Waals surface area contributed by atoms with Gasteiger partial charge in [0.2, 0.25) is 0 Å². The summed E-state index contributed by atoms with van der Waals surface area (Å²) in [6.45, 7) is 3.01. The highest BCUT2D eigenvalue weighted by Crippen LogP contribution is 2.28. The highest BCUT2D eigenvalue weighted by molar-refractivity contribution is 5.99. The molecule has 0 amide bonds. The summed E-state index contributed by atoms with van der Waals surface area (Å²) in [4.78, 5) is 11.5. The standard InChI is InChI=1S/C11H12O3/c1-2-13-8-3-4-11-9(7-8)10(12)5-6-14-11/h3-4,7H,2,5-6H2,1H3. The minimum absolute atomic E-state index is 0.132. The van der Waals surface area contributed by atoms with Crippen molar-refractivity contribution in [3.05, 3.63) is 23.8 Å². The van der Waals surface area contributed by atoms with Gasteiger partial charge in [-0.25, -0.2) is 0 Å². The Kier molecular flexibility index (Phi) is 2.39. The molecule has 74 valence electrons. The lowest BCUT2D eigenvalue weighted by atomic mass is 10.1. The van der Waals surface area contributed by atoms with Crippen molar-refractivity contribution in [2.45, 2.75) is 13.3 Å². The summed E-state index contributed by atoms with van der Waals surface area (Å²) >= 11 is 0. The van der Waals surface area contributed by atoms with Gasteiger partial charge in [0.15, 0.2) is 5.78 Å². The van der Waals surface area contributed by atoms with Crippen molar-refractivity contribution >= 4 is 5.78 Å². The van der Waals surface area contributed by atoms with E-state index in [-0.39, 0.29) is 5.78 Å². The number of benzene rings is 1. The number of ether oxygens (including phenoxy) is 2. The smallest absolute Gasteiger partial charge is 0.170 e. The molecule has 0 aliphatic carbocycles. The molecule has 2 rings (SSSR count). The largest absolute Gasteiger partial charge is 0.494 e. The molecule has 0 unspecified atom stereocenters. The first-order valence-corrected chi connectivity index (χ1v) is 4.74. The van der Waals surface area contributed by atoms with Crippen LogP contribution >= 0.6 is 0 Å². The van der Waals surface area contributed by atoms with Crippen molar-refractivity contribution in [1.29, 1.82) is 0 Å². The fourth-order valence-electron chi connectivity index (χ4n) is 1.50. The Bertz CT molecular complexity index is 358. The van der Waals surface area contributed by atoms with E-state index in [0.29, 0.717) is 30.9 Å². The summed E-state index contributed by atoms with van der Waals surface area (Å²) in [5, 5.41) is 0. The second-order valence-corrected chi connectivity index (χ2v) is 3.11. The molecule has 0 aromatic heterocycles. The quantitative estimate of drug-likeness (QED) is 0.719. The number of rotatable bonds is 2. The van der Waals surface area contributed by atoms with E-state index < -0.39 is 0 Å². The van der Waals surface area contributed by atoms with Crippen LogP contribution in [0.15, 0.2) is 18.2 Å². The van der Waals surface area contributed by atoms with E-state index in [9.17, 15) is 4.79 Å². The average Bonchev–Trinajstić information content (AvgIpc) is 2.20. The third-order valence-corrected chi connectivity index (χ3v) is 2.15. The molecule has 0 saturated carbocycles. The van der Waals surface area contributed by atoms with Crippen LogP contribution in [0, 0.1) is 0 Å². The zero-order valence-electron chi connectivity index (χ0n) is 8.08. The molecule has 0 bridgehead atoms. The van der Waals surface area contributed by atoms with Crippen LogP contribution in [0.4, 0.5) is 0 Å². The topological polar surface area (TPSA) is 35.5 Å². The Labute approximate surface area is 82.6 Å². The van der Waals surface area contributed by atoms with Crippen molar-refractivity contribution in [3.8, 4) is 11.5 Å². The first kappa shape index (κ1) is 9.06.